The van der Waals surface area contributed by atoms with E-state index in [0.29, 0.717) is 11.3 Å². The van der Waals surface area contributed by atoms with Gasteiger partial charge in [-0.15, -0.1) is 0 Å². The zero-order valence-corrected chi connectivity index (χ0v) is 18.6. The normalized spacial score (nSPS) is 11.5. The molecule has 0 spiro atoms. The largest absolute Gasteiger partial charge is 0.423 e. The molecule has 0 bridgehead atoms. The van der Waals surface area contributed by atoms with Crippen LogP contribution in [0.3, 0.4) is 0 Å². The number of hydrogen-bond donors (Lipinski definition) is 1. The second kappa shape index (κ2) is 7.91. The molecule has 0 aliphatic rings. The van der Waals surface area contributed by atoms with Gasteiger partial charge in [-0.1, -0.05) is 17.7 Å². The minimum absolute atomic E-state index is 0.126. The van der Waals surface area contributed by atoms with E-state index in [1.54, 1.807) is 24.3 Å². The predicted molar refractivity (Wildman–Crippen MR) is 125 cm³/mol. The van der Waals surface area contributed by atoms with Crippen LogP contribution in [0, 0.1) is 13.8 Å². The molecule has 0 unspecified atom stereocenters. The molecule has 158 valence electrons. The van der Waals surface area contributed by atoms with Crippen molar-refractivity contribution in [2.45, 2.75) is 40.2 Å². The topological polar surface area (TPSA) is 55.6 Å². The molecule has 0 radical (unpaired) electrons. The van der Waals surface area contributed by atoms with E-state index in [4.69, 9.17) is 9.72 Å². The maximum atomic E-state index is 12.4. The Bertz CT molecular complexity index is 1230. The molecule has 2 aromatic heterocycles. The molecule has 0 fully saturated rings. The van der Waals surface area contributed by atoms with Crippen molar-refractivity contribution in [2.75, 3.05) is 5.32 Å². The number of carbonyl (C=O) groups excluding carboxylic acids is 1. The molecule has 1 N–H and O–H groups in total. The van der Waals surface area contributed by atoms with Crippen molar-refractivity contribution in [3.63, 3.8) is 0 Å². The molecule has 0 aliphatic heterocycles. The van der Waals surface area contributed by atoms with Crippen molar-refractivity contribution in [2.24, 2.45) is 0 Å². The average Bonchev–Trinajstić information content (AvgIpc) is 3.04. The number of nitrogens with zero attached hydrogens (tertiary/aromatic N) is 2. The maximum absolute atomic E-state index is 12.4. The van der Waals surface area contributed by atoms with Gasteiger partial charge in [0.2, 0.25) is 0 Å². The van der Waals surface area contributed by atoms with E-state index in [0.717, 1.165) is 33.8 Å². The minimum atomic E-state index is -0.369. The van der Waals surface area contributed by atoms with Crippen LogP contribution in [-0.4, -0.2) is 20.9 Å². The second-order valence-corrected chi connectivity index (χ2v) is 8.90. The fourth-order valence-electron chi connectivity index (χ4n) is 3.36. The number of ether oxygens (including phenoxy) is 1. The molecule has 0 atom stereocenters. The van der Waals surface area contributed by atoms with E-state index in [9.17, 15) is 4.79 Å². The zero-order valence-electron chi connectivity index (χ0n) is 18.6. The van der Waals surface area contributed by atoms with Gasteiger partial charge in [0.25, 0.3) is 0 Å². The van der Waals surface area contributed by atoms with E-state index in [-0.39, 0.29) is 11.5 Å². The standard InChI is InChI=1S/C26H27N3O2/c1-17-6-8-20(9-7-17)25(30)31-21-12-10-19(11-13-21)23-24(28-26(3,4)5)29-15-14-18(2)16-22(29)27-23/h6-16,28H,1-5H3. The van der Waals surface area contributed by atoms with Crippen molar-refractivity contribution in [1.82, 2.24) is 9.38 Å². The highest BCUT2D eigenvalue weighted by Gasteiger charge is 2.19. The predicted octanol–water partition coefficient (Wildman–Crippen LogP) is 6.05. The number of hydrogen-bond acceptors (Lipinski definition) is 4. The van der Waals surface area contributed by atoms with E-state index in [2.05, 4.69) is 49.5 Å². The number of imidazole rings is 1. The smallest absolute Gasteiger partial charge is 0.343 e. The van der Waals surface area contributed by atoms with Gasteiger partial charge in [0.15, 0.2) is 0 Å². The molecular formula is C26H27N3O2. The minimum Gasteiger partial charge on any atom is -0.423 e. The molecular weight excluding hydrogens is 386 g/mol. The van der Waals surface area contributed by atoms with Crippen LogP contribution in [0.2, 0.25) is 0 Å². The molecule has 4 aromatic rings. The highest BCUT2D eigenvalue weighted by atomic mass is 16.5. The fourth-order valence-corrected chi connectivity index (χ4v) is 3.36. The molecule has 4 rings (SSSR count). The Morgan fingerprint density at radius 2 is 1.61 bits per heavy atom. The molecule has 0 amide bonds. The van der Waals surface area contributed by atoms with Gasteiger partial charge < -0.3 is 10.1 Å². The van der Waals surface area contributed by atoms with Gasteiger partial charge in [-0.3, -0.25) is 4.40 Å². The van der Waals surface area contributed by atoms with Crippen LogP contribution in [0.15, 0.2) is 66.9 Å². The third kappa shape index (κ3) is 4.61. The van der Waals surface area contributed by atoms with Crippen LogP contribution in [0.1, 0.15) is 42.3 Å². The maximum Gasteiger partial charge on any atom is 0.343 e. The quantitative estimate of drug-likeness (QED) is 0.327. The molecule has 5 heteroatoms. The van der Waals surface area contributed by atoms with Crippen LogP contribution in [-0.2, 0) is 0 Å². The number of aryl methyl sites for hydroxylation is 2. The Labute approximate surface area is 182 Å². The number of carbonyl (C=O) groups is 1. The summed E-state index contributed by atoms with van der Waals surface area (Å²) in [6.45, 7) is 10.4. The molecule has 0 saturated heterocycles. The second-order valence-electron chi connectivity index (χ2n) is 8.90. The summed E-state index contributed by atoms with van der Waals surface area (Å²) in [5, 5.41) is 3.58. The summed E-state index contributed by atoms with van der Waals surface area (Å²) in [4.78, 5) is 17.3. The third-order valence-electron chi connectivity index (χ3n) is 4.90. The number of fused-ring (bicyclic) bond motifs is 1. The van der Waals surface area contributed by atoms with E-state index >= 15 is 0 Å². The molecule has 0 saturated carbocycles. The molecule has 2 heterocycles. The number of aromatic nitrogens is 2. The first kappa shape index (κ1) is 20.7. The number of esters is 1. The Hall–Kier alpha value is -3.60. The molecule has 5 nitrogen and oxygen atoms in total. The number of nitrogens with one attached hydrogen (secondary N) is 1. The lowest BCUT2D eigenvalue weighted by atomic mass is 10.1. The summed E-state index contributed by atoms with van der Waals surface area (Å²) in [6.07, 6.45) is 2.03. The number of rotatable bonds is 4. The van der Waals surface area contributed by atoms with Crippen LogP contribution in [0.25, 0.3) is 16.9 Å². The van der Waals surface area contributed by atoms with Crippen molar-refractivity contribution in [3.05, 3.63) is 83.6 Å². The first-order valence-electron chi connectivity index (χ1n) is 10.4. The van der Waals surface area contributed by atoms with Gasteiger partial charge >= 0.3 is 5.97 Å². The summed E-state index contributed by atoms with van der Waals surface area (Å²) in [7, 11) is 0. The van der Waals surface area contributed by atoms with Crippen LogP contribution in [0.4, 0.5) is 5.82 Å². The van der Waals surface area contributed by atoms with Crippen molar-refractivity contribution >= 4 is 17.4 Å². The lowest BCUT2D eigenvalue weighted by molar-refractivity contribution is 0.0735. The first-order valence-corrected chi connectivity index (χ1v) is 10.4. The molecule has 31 heavy (non-hydrogen) atoms. The van der Waals surface area contributed by atoms with E-state index in [1.807, 2.05) is 37.4 Å². The van der Waals surface area contributed by atoms with Crippen molar-refractivity contribution < 1.29 is 9.53 Å². The van der Waals surface area contributed by atoms with Gasteiger partial charge in [-0.2, -0.15) is 0 Å². The molecule has 0 aliphatic carbocycles. The average molecular weight is 414 g/mol. The summed E-state index contributed by atoms with van der Waals surface area (Å²) < 4.78 is 7.60. The van der Waals surface area contributed by atoms with Gasteiger partial charge in [0, 0.05) is 17.3 Å². The Morgan fingerprint density at radius 3 is 2.26 bits per heavy atom. The lowest BCUT2D eigenvalue weighted by Crippen LogP contribution is -2.27. The fraction of sp³-hybridized carbons (Fsp3) is 0.231. The zero-order chi connectivity index (χ0) is 22.2. The van der Waals surface area contributed by atoms with Crippen LogP contribution >= 0.6 is 0 Å². The van der Waals surface area contributed by atoms with E-state index < -0.39 is 0 Å². The first-order chi connectivity index (χ1) is 14.7. The van der Waals surface area contributed by atoms with E-state index in [1.165, 1.54) is 0 Å². The summed E-state index contributed by atoms with van der Waals surface area (Å²) >= 11 is 0. The SMILES string of the molecule is Cc1ccc(C(=O)Oc2ccc(-c3nc4cc(C)ccn4c3NC(C)(C)C)cc2)cc1. The highest BCUT2D eigenvalue weighted by molar-refractivity contribution is 5.91. The Balaban J connectivity index is 1.64. The Morgan fingerprint density at radius 1 is 0.935 bits per heavy atom. The monoisotopic (exact) mass is 413 g/mol. The third-order valence-corrected chi connectivity index (χ3v) is 4.90. The van der Waals surface area contributed by atoms with Crippen molar-refractivity contribution in [3.8, 4) is 17.0 Å². The lowest BCUT2D eigenvalue weighted by Gasteiger charge is -2.22. The highest BCUT2D eigenvalue weighted by Crippen LogP contribution is 2.32. The molecule has 2 aromatic carbocycles. The summed E-state index contributed by atoms with van der Waals surface area (Å²) in [5.41, 5.74) is 5.35. The van der Waals surface area contributed by atoms with Crippen molar-refractivity contribution in [1.29, 1.82) is 0 Å². The number of pyridine rings is 1. The Kier molecular flexibility index (Phi) is 5.27. The van der Waals surface area contributed by atoms with Gasteiger partial charge in [0.05, 0.1) is 5.56 Å². The van der Waals surface area contributed by atoms with Gasteiger partial charge in [-0.25, -0.2) is 9.78 Å². The van der Waals surface area contributed by atoms with Gasteiger partial charge in [0.1, 0.15) is 22.9 Å². The van der Waals surface area contributed by atoms with Crippen LogP contribution < -0.4 is 10.1 Å². The number of anilines is 1. The van der Waals surface area contributed by atoms with Gasteiger partial charge in [-0.05, 0) is 88.7 Å². The summed E-state index contributed by atoms with van der Waals surface area (Å²) in [6, 6.07) is 18.9. The van der Waals surface area contributed by atoms with Crippen LogP contribution in [0.5, 0.6) is 5.75 Å². The number of benzene rings is 2. The summed E-state index contributed by atoms with van der Waals surface area (Å²) in [5.74, 6) is 1.07.